The Morgan fingerprint density at radius 3 is 2.47 bits per heavy atom. The lowest BCUT2D eigenvalue weighted by molar-refractivity contribution is 0.199. The van der Waals surface area contributed by atoms with E-state index >= 15 is 0 Å². The first-order valence-corrected chi connectivity index (χ1v) is 6.87. The number of ether oxygens (including phenoxy) is 1. The molecule has 2 rings (SSSR count). The monoisotopic (exact) mass is 324 g/mol. The number of hydrogen-bond donors (Lipinski definition) is 1. The molecule has 0 saturated heterocycles. The molecule has 0 bridgehead atoms. The predicted octanol–water partition coefficient (Wildman–Crippen LogP) is 3.12. The Bertz CT molecular complexity index is 562. The number of benzene rings is 1. The van der Waals surface area contributed by atoms with Crippen LogP contribution in [0.2, 0.25) is 0 Å². The summed E-state index contributed by atoms with van der Waals surface area (Å²) in [7, 11) is 1.90. The average molecular weight is 325 g/mol. The third-order valence-corrected chi connectivity index (χ3v) is 4.03. The molecular weight excluding hydrogens is 308 g/mol. The molecule has 4 nitrogen and oxygen atoms in total. The van der Waals surface area contributed by atoms with Crippen molar-refractivity contribution in [2.45, 2.75) is 26.6 Å². The number of aliphatic hydroxyl groups is 1. The molecule has 1 aromatic heterocycles. The molecule has 1 heterocycles. The third kappa shape index (κ3) is 3.16. The van der Waals surface area contributed by atoms with Crippen LogP contribution in [0.25, 0.3) is 0 Å². The summed E-state index contributed by atoms with van der Waals surface area (Å²) in [5.74, 6) is 0.773. The van der Waals surface area contributed by atoms with Gasteiger partial charge < -0.3 is 9.84 Å². The first kappa shape index (κ1) is 14.1. The molecule has 0 fully saturated rings. The van der Waals surface area contributed by atoms with Crippen LogP contribution >= 0.6 is 15.9 Å². The fourth-order valence-corrected chi connectivity index (χ4v) is 2.28. The van der Waals surface area contributed by atoms with Crippen LogP contribution in [0.5, 0.6) is 5.75 Å². The van der Waals surface area contributed by atoms with Crippen molar-refractivity contribution in [3.63, 3.8) is 0 Å². The molecule has 19 heavy (non-hydrogen) atoms. The molecule has 1 atom stereocenters. The van der Waals surface area contributed by atoms with Gasteiger partial charge in [-0.05, 0) is 47.5 Å². The maximum atomic E-state index is 9.44. The van der Waals surface area contributed by atoms with Crippen molar-refractivity contribution >= 4 is 15.9 Å². The summed E-state index contributed by atoms with van der Waals surface area (Å²) in [4.78, 5) is 0. The van der Waals surface area contributed by atoms with E-state index in [1.165, 1.54) is 0 Å². The van der Waals surface area contributed by atoms with Gasteiger partial charge in [-0.1, -0.05) is 12.1 Å². The van der Waals surface area contributed by atoms with E-state index in [1.807, 2.05) is 42.9 Å². The quantitative estimate of drug-likeness (QED) is 0.939. The Kier molecular flexibility index (Phi) is 4.27. The van der Waals surface area contributed by atoms with Gasteiger partial charge in [0, 0.05) is 7.05 Å². The minimum absolute atomic E-state index is 0.450. The Labute approximate surface area is 121 Å². The summed E-state index contributed by atoms with van der Waals surface area (Å²) in [6, 6.07) is 7.45. The lowest BCUT2D eigenvalue weighted by Gasteiger charge is -2.09. The molecule has 102 valence electrons. The molecule has 0 unspecified atom stereocenters. The Balaban J connectivity index is 2.06. The maximum Gasteiger partial charge on any atom is 0.131 e. The number of aliphatic hydroxyl groups excluding tert-OH is 1. The van der Waals surface area contributed by atoms with Crippen LogP contribution in [-0.2, 0) is 13.7 Å². The smallest absolute Gasteiger partial charge is 0.131 e. The zero-order valence-corrected chi connectivity index (χ0v) is 12.8. The molecule has 0 aliphatic rings. The molecule has 2 aromatic rings. The first-order valence-electron chi connectivity index (χ1n) is 6.08. The summed E-state index contributed by atoms with van der Waals surface area (Å²) in [5.41, 5.74) is 2.83. The van der Waals surface area contributed by atoms with Crippen LogP contribution in [0.15, 0.2) is 28.7 Å². The van der Waals surface area contributed by atoms with Crippen LogP contribution in [0.3, 0.4) is 0 Å². The molecule has 0 aliphatic heterocycles. The first-order chi connectivity index (χ1) is 8.99. The highest BCUT2D eigenvalue weighted by molar-refractivity contribution is 9.10. The van der Waals surface area contributed by atoms with Gasteiger partial charge in [0.1, 0.15) is 12.4 Å². The van der Waals surface area contributed by atoms with Crippen molar-refractivity contribution in [2.75, 3.05) is 0 Å². The topological polar surface area (TPSA) is 47.3 Å². The van der Waals surface area contributed by atoms with Crippen molar-refractivity contribution in [2.24, 2.45) is 7.05 Å². The SMILES string of the molecule is Cc1nn(C)c(COc2ccc([C@@H](C)O)cc2)c1Br. The van der Waals surface area contributed by atoms with Crippen molar-refractivity contribution in [1.29, 1.82) is 0 Å². The van der Waals surface area contributed by atoms with Crippen LogP contribution in [0.1, 0.15) is 30.0 Å². The van der Waals surface area contributed by atoms with Crippen LogP contribution in [-0.4, -0.2) is 14.9 Å². The van der Waals surface area contributed by atoms with Crippen molar-refractivity contribution in [3.05, 3.63) is 45.7 Å². The summed E-state index contributed by atoms with van der Waals surface area (Å²) in [6.07, 6.45) is -0.456. The Hall–Kier alpha value is -1.33. The number of nitrogens with zero attached hydrogens (tertiary/aromatic N) is 2. The lowest BCUT2D eigenvalue weighted by Crippen LogP contribution is -2.03. The highest BCUT2D eigenvalue weighted by atomic mass is 79.9. The zero-order valence-electron chi connectivity index (χ0n) is 11.2. The van der Waals surface area contributed by atoms with Crippen LogP contribution < -0.4 is 4.74 Å². The van der Waals surface area contributed by atoms with Crippen molar-refractivity contribution < 1.29 is 9.84 Å². The molecule has 1 aromatic carbocycles. The molecule has 0 aliphatic carbocycles. The normalized spacial score (nSPS) is 12.5. The number of halogens is 1. The summed E-state index contributed by atoms with van der Waals surface area (Å²) in [5, 5.41) is 13.8. The van der Waals surface area contributed by atoms with Gasteiger partial charge in [0.2, 0.25) is 0 Å². The van der Waals surface area contributed by atoms with E-state index in [-0.39, 0.29) is 0 Å². The second-order valence-electron chi connectivity index (χ2n) is 4.50. The van der Waals surface area contributed by atoms with Gasteiger partial charge in [0.25, 0.3) is 0 Å². The van der Waals surface area contributed by atoms with Gasteiger partial charge in [0.15, 0.2) is 0 Å². The van der Waals surface area contributed by atoms with Gasteiger partial charge in [-0.2, -0.15) is 5.10 Å². The van der Waals surface area contributed by atoms with Crippen LogP contribution in [0, 0.1) is 6.92 Å². The van der Waals surface area contributed by atoms with E-state index in [2.05, 4.69) is 21.0 Å². The Morgan fingerprint density at radius 2 is 2.00 bits per heavy atom. The van der Waals surface area contributed by atoms with E-state index in [4.69, 9.17) is 4.74 Å². The number of hydrogen-bond acceptors (Lipinski definition) is 3. The molecule has 0 radical (unpaired) electrons. The zero-order chi connectivity index (χ0) is 14.0. The summed E-state index contributed by atoms with van der Waals surface area (Å²) in [6.45, 7) is 4.14. The van der Waals surface area contributed by atoms with E-state index in [1.54, 1.807) is 6.92 Å². The van der Waals surface area contributed by atoms with Gasteiger partial charge in [-0.3, -0.25) is 4.68 Å². The van der Waals surface area contributed by atoms with Crippen molar-refractivity contribution in [3.8, 4) is 5.75 Å². The largest absolute Gasteiger partial charge is 0.487 e. The van der Waals surface area contributed by atoms with Gasteiger partial charge in [0.05, 0.1) is 22.0 Å². The number of aromatic nitrogens is 2. The van der Waals surface area contributed by atoms with Gasteiger partial charge >= 0.3 is 0 Å². The highest BCUT2D eigenvalue weighted by Gasteiger charge is 2.11. The minimum Gasteiger partial charge on any atom is -0.487 e. The summed E-state index contributed by atoms with van der Waals surface area (Å²) < 4.78 is 8.52. The average Bonchev–Trinajstić information content (AvgIpc) is 2.62. The molecule has 0 saturated carbocycles. The van der Waals surface area contributed by atoms with E-state index in [9.17, 15) is 5.11 Å². The van der Waals surface area contributed by atoms with Gasteiger partial charge in [-0.15, -0.1) is 0 Å². The lowest BCUT2D eigenvalue weighted by atomic mass is 10.1. The number of rotatable bonds is 4. The van der Waals surface area contributed by atoms with Gasteiger partial charge in [-0.25, -0.2) is 0 Å². The van der Waals surface area contributed by atoms with E-state index < -0.39 is 6.10 Å². The second kappa shape index (κ2) is 5.75. The molecule has 0 spiro atoms. The maximum absolute atomic E-state index is 9.44. The van der Waals surface area contributed by atoms with E-state index in [0.717, 1.165) is 27.2 Å². The second-order valence-corrected chi connectivity index (χ2v) is 5.30. The van der Waals surface area contributed by atoms with E-state index in [0.29, 0.717) is 6.61 Å². The van der Waals surface area contributed by atoms with Crippen LogP contribution in [0.4, 0.5) is 0 Å². The third-order valence-electron chi connectivity index (χ3n) is 3.00. The number of aryl methyl sites for hydroxylation is 2. The molecular formula is C14H17BrN2O2. The minimum atomic E-state index is -0.456. The highest BCUT2D eigenvalue weighted by Crippen LogP contribution is 2.23. The standard InChI is InChI=1S/C14H17BrN2O2/c1-9-14(15)13(17(3)16-9)8-19-12-6-4-11(5-7-12)10(2)18/h4-7,10,18H,8H2,1-3H3/t10-/m1/s1. The molecule has 0 amide bonds. The fraction of sp³-hybridized carbons (Fsp3) is 0.357. The fourth-order valence-electron chi connectivity index (χ4n) is 1.83. The molecule has 1 N–H and O–H groups in total. The molecule has 5 heteroatoms. The summed E-state index contributed by atoms with van der Waals surface area (Å²) >= 11 is 3.51. The predicted molar refractivity (Wildman–Crippen MR) is 77.1 cm³/mol. The van der Waals surface area contributed by atoms with Crippen molar-refractivity contribution in [1.82, 2.24) is 9.78 Å². The Morgan fingerprint density at radius 1 is 1.37 bits per heavy atom.